The maximum Gasteiger partial charge on any atom is 0.0581 e. The van der Waals surface area contributed by atoms with E-state index in [4.69, 9.17) is 0 Å². The topological polar surface area (TPSA) is 23.5 Å². The van der Waals surface area contributed by atoms with Gasteiger partial charge in [-0.1, -0.05) is 26.7 Å². The van der Waals surface area contributed by atoms with E-state index in [0.717, 1.165) is 13.0 Å². The van der Waals surface area contributed by atoms with Gasteiger partial charge in [-0.2, -0.15) is 0 Å². The molecule has 106 valence electrons. The van der Waals surface area contributed by atoms with Crippen molar-refractivity contribution < 1.29 is 5.11 Å². The van der Waals surface area contributed by atoms with Gasteiger partial charge in [-0.3, -0.25) is 0 Å². The zero-order valence-corrected chi connectivity index (χ0v) is 12.5. The third kappa shape index (κ3) is 3.71. The van der Waals surface area contributed by atoms with Gasteiger partial charge in [0.25, 0.3) is 0 Å². The summed E-state index contributed by atoms with van der Waals surface area (Å²) >= 11 is 0. The Bertz CT molecular complexity index is 264. The van der Waals surface area contributed by atoms with Gasteiger partial charge in [0.05, 0.1) is 6.10 Å². The van der Waals surface area contributed by atoms with E-state index < -0.39 is 0 Å². The van der Waals surface area contributed by atoms with E-state index in [1.807, 2.05) is 0 Å². The molecule has 3 atom stereocenters. The summed E-state index contributed by atoms with van der Waals surface area (Å²) in [6.45, 7) is 9.44. The quantitative estimate of drug-likeness (QED) is 0.815. The molecule has 2 fully saturated rings. The number of rotatable bonds is 2. The number of hydrogen-bond donors (Lipinski definition) is 1. The van der Waals surface area contributed by atoms with Gasteiger partial charge in [-0.25, -0.2) is 0 Å². The first-order valence-electron chi connectivity index (χ1n) is 7.90. The van der Waals surface area contributed by atoms with E-state index in [2.05, 4.69) is 25.7 Å². The van der Waals surface area contributed by atoms with Crippen molar-refractivity contribution >= 4 is 0 Å². The highest BCUT2D eigenvalue weighted by Crippen LogP contribution is 2.39. The van der Waals surface area contributed by atoms with Crippen molar-refractivity contribution in [1.82, 2.24) is 4.90 Å². The molecular formula is C16H31NO. The third-order valence-electron chi connectivity index (χ3n) is 5.14. The fourth-order valence-electron chi connectivity index (χ4n) is 3.82. The van der Waals surface area contributed by atoms with Crippen LogP contribution in [-0.2, 0) is 0 Å². The van der Waals surface area contributed by atoms with Crippen LogP contribution in [0.4, 0.5) is 0 Å². The predicted molar refractivity (Wildman–Crippen MR) is 76.6 cm³/mol. The lowest BCUT2D eigenvalue weighted by molar-refractivity contribution is -0.00107. The third-order valence-corrected chi connectivity index (χ3v) is 5.14. The Hall–Kier alpha value is -0.0800. The highest BCUT2D eigenvalue weighted by Gasteiger charge is 2.35. The summed E-state index contributed by atoms with van der Waals surface area (Å²) in [4.78, 5) is 2.64. The summed E-state index contributed by atoms with van der Waals surface area (Å²) in [5, 5.41) is 10.3. The van der Waals surface area contributed by atoms with Gasteiger partial charge in [0.2, 0.25) is 0 Å². The van der Waals surface area contributed by atoms with Crippen molar-refractivity contribution in [1.29, 1.82) is 0 Å². The molecule has 2 heteroatoms. The van der Waals surface area contributed by atoms with Gasteiger partial charge in [0, 0.05) is 12.6 Å². The van der Waals surface area contributed by atoms with Crippen LogP contribution in [0.1, 0.15) is 65.7 Å². The first-order valence-corrected chi connectivity index (χ1v) is 7.90. The number of nitrogens with zero attached hydrogens (tertiary/aromatic N) is 1. The molecule has 2 nitrogen and oxygen atoms in total. The molecule has 0 aromatic rings. The van der Waals surface area contributed by atoms with Crippen LogP contribution in [0.5, 0.6) is 0 Å². The molecule has 1 N–H and O–H groups in total. The van der Waals surface area contributed by atoms with Crippen molar-refractivity contribution in [3.63, 3.8) is 0 Å². The monoisotopic (exact) mass is 253 g/mol. The van der Waals surface area contributed by atoms with Crippen LogP contribution in [0, 0.1) is 11.3 Å². The van der Waals surface area contributed by atoms with Crippen LogP contribution in [0.3, 0.4) is 0 Å². The van der Waals surface area contributed by atoms with Gasteiger partial charge in [-0.05, 0) is 56.9 Å². The van der Waals surface area contributed by atoms with Crippen molar-refractivity contribution in [3.8, 4) is 0 Å². The van der Waals surface area contributed by atoms with Gasteiger partial charge in [0.1, 0.15) is 0 Å². The lowest BCUT2D eigenvalue weighted by Gasteiger charge is -2.41. The van der Waals surface area contributed by atoms with E-state index in [1.54, 1.807) is 0 Å². The smallest absolute Gasteiger partial charge is 0.0581 e. The molecule has 2 rings (SSSR count). The molecule has 1 aliphatic heterocycles. The molecule has 0 amide bonds. The Kier molecular flexibility index (Phi) is 4.71. The fourth-order valence-corrected chi connectivity index (χ4v) is 3.82. The minimum Gasteiger partial charge on any atom is -0.393 e. The number of aliphatic hydroxyl groups excluding tert-OH is 1. The molecule has 2 aliphatic rings. The second-order valence-electron chi connectivity index (χ2n) is 7.43. The second-order valence-corrected chi connectivity index (χ2v) is 7.43. The lowest BCUT2D eigenvalue weighted by Crippen LogP contribution is -2.44. The summed E-state index contributed by atoms with van der Waals surface area (Å²) in [6, 6.07) is 0.713. The van der Waals surface area contributed by atoms with Crippen LogP contribution in [0.15, 0.2) is 0 Å². The van der Waals surface area contributed by atoms with Gasteiger partial charge in [-0.15, -0.1) is 0 Å². The van der Waals surface area contributed by atoms with Crippen molar-refractivity contribution in [2.75, 3.05) is 13.1 Å². The fraction of sp³-hybridized carbons (Fsp3) is 1.00. The molecule has 0 aromatic heterocycles. The zero-order valence-electron chi connectivity index (χ0n) is 12.5. The first kappa shape index (κ1) is 14.3. The molecule has 1 aliphatic carbocycles. The predicted octanol–water partition coefficient (Wildman–Crippen LogP) is 3.44. The number of aliphatic hydroxyl groups is 1. The molecule has 1 heterocycles. The molecule has 1 saturated heterocycles. The maximum atomic E-state index is 10.3. The molecule has 0 spiro atoms. The normalized spacial score (nSPS) is 38.3. The van der Waals surface area contributed by atoms with Crippen molar-refractivity contribution in [2.45, 2.75) is 77.9 Å². The minimum atomic E-state index is -0.0616. The molecule has 0 aromatic carbocycles. The van der Waals surface area contributed by atoms with Crippen LogP contribution >= 0.6 is 0 Å². The standard InChI is InChI=1S/C16H31NO/c1-13-7-5-4-6-10-17(13)12-14-11-16(2,3)9-8-15(14)18/h13-15,18H,4-12H2,1-3H3. The minimum absolute atomic E-state index is 0.0616. The summed E-state index contributed by atoms with van der Waals surface area (Å²) in [5.41, 5.74) is 0.430. The summed E-state index contributed by atoms with van der Waals surface area (Å²) < 4.78 is 0. The Morgan fingerprint density at radius 2 is 1.94 bits per heavy atom. The summed E-state index contributed by atoms with van der Waals surface area (Å²) in [5.74, 6) is 0.495. The van der Waals surface area contributed by atoms with Gasteiger partial charge >= 0.3 is 0 Å². The van der Waals surface area contributed by atoms with Gasteiger partial charge in [0.15, 0.2) is 0 Å². The van der Waals surface area contributed by atoms with Gasteiger partial charge < -0.3 is 10.0 Å². The Morgan fingerprint density at radius 3 is 2.72 bits per heavy atom. The van der Waals surface area contributed by atoms with Crippen LogP contribution in [-0.4, -0.2) is 35.2 Å². The lowest BCUT2D eigenvalue weighted by atomic mass is 9.70. The molecule has 0 bridgehead atoms. The molecule has 18 heavy (non-hydrogen) atoms. The van der Waals surface area contributed by atoms with Crippen LogP contribution in [0.2, 0.25) is 0 Å². The molecule has 3 unspecified atom stereocenters. The van der Waals surface area contributed by atoms with E-state index in [9.17, 15) is 5.11 Å². The second kappa shape index (κ2) is 5.92. The Balaban J connectivity index is 1.93. The molecule has 0 radical (unpaired) electrons. The maximum absolute atomic E-state index is 10.3. The van der Waals surface area contributed by atoms with Crippen molar-refractivity contribution in [3.05, 3.63) is 0 Å². The summed E-state index contributed by atoms with van der Waals surface area (Å²) in [6.07, 6.45) is 8.77. The molecule has 1 saturated carbocycles. The SMILES string of the molecule is CC1CCCCCN1CC1CC(C)(C)CCC1O. The highest BCUT2D eigenvalue weighted by atomic mass is 16.3. The first-order chi connectivity index (χ1) is 8.48. The van der Waals surface area contributed by atoms with E-state index >= 15 is 0 Å². The average molecular weight is 253 g/mol. The average Bonchev–Trinajstić information content (AvgIpc) is 2.50. The van der Waals surface area contributed by atoms with Crippen LogP contribution < -0.4 is 0 Å². The van der Waals surface area contributed by atoms with E-state index in [1.165, 1.54) is 45.1 Å². The molecular weight excluding hydrogens is 222 g/mol. The Morgan fingerprint density at radius 1 is 1.17 bits per heavy atom. The Labute approximate surface area is 113 Å². The van der Waals surface area contributed by atoms with E-state index in [-0.39, 0.29) is 6.10 Å². The zero-order chi connectivity index (χ0) is 13.2. The highest BCUT2D eigenvalue weighted by molar-refractivity contribution is 4.87. The summed E-state index contributed by atoms with van der Waals surface area (Å²) in [7, 11) is 0. The largest absolute Gasteiger partial charge is 0.393 e. The van der Waals surface area contributed by atoms with Crippen LogP contribution in [0.25, 0.3) is 0 Å². The number of likely N-dealkylation sites (tertiary alicyclic amines) is 1. The van der Waals surface area contributed by atoms with Crippen molar-refractivity contribution in [2.24, 2.45) is 11.3 Å². The number of hydrogen-bond acceptors (Lipinski definition) is 2. The van der Waals surface area contributed by atoms with E-state index in [0.29, 0.717) is 17.4 Å².